The summed E-state index contributed by atoms with van der Waals surface area (Å²) in [5, 5.41) is 0. The molecule has 53 heavy (non-hydrogen) atoms. The fourth-order valence-electron chi connectivity index (χ4n) is 9.33. The van der Waals surface area contributed by atoms with Crippen LogP contribution in [-0.2, 0) is 36.4 Å². The first-order chi connectivity index (χ1) is 25.0. The number of pyridine rings is 1. The van der Waals surface area contributed by atoms with Gasteiger partial charge in [-0.2, -0.15) is 0 Å². The van der Waals surface area contributed by atoms with Gasteiger partial charge >= 0.3 is 0 Å². The van der Waals surface area contributed by atoms with E-state index < -0.39 is 0 Å². The molecule has 0 saturated carbocycles. The zero-order valence-electron chi connectivity index (χ0n) is 31.0. The number of benzene rings is 6. The van der Waals surface area contributed by atoms with Gasteiger partial charge in [-0.3, -0.25) is 0 Å². The summed E-state index contributed by atoms with van der Waals surface area (Å²) in [6.07, 6.45) is 1.86. The van der Waals surface area contributed by atoms with E-state index >= 15 is 0 Å². The Morgan fingerprint density at radius 2 is 0.830 bits per heavy atom. The first-order valence-electron chi connectivity index (χ1n) is 18.5. The maximum atomic E-state index is 4.66. The van der Waals surface area contributed by atoms with Crippen molar-refractivity contribution in [1.29, 1.82) is 0 Å². The summed E-state index contributed by atoms with van der Waals surface area (Å²) < 4.78 is 0. The molecule has 3 aliphatic heterocycles. The molecule has 0 unspecified atom stereocenters. The Morgan fingerprint density at radius 3 is 1.23 bits per heavy atom. The van der Waals surface area contributed by atoms with Crippen LogP contribution in [0.15, 0.2) is 140 Å². The van der Waals surface area contributed by atoms with Crippen LogP contribution in [0.5, 0.6) is 0 Å². The number of hydrogen-bond acceptors (Lipinski definition) is 2. The Bertz CT molecular complexity index is 2450. The van der Waals surface area contributed by atoms with E-state index in [1.54, 1.807) is 0 Å². The van der Waals surface area contributed by atoms with Crippen molar-refractivity contribution >= 4 is 17.1 Å². The fraction of sp³-hybridized carbons (Fsp3) is 0.180. The van der Waals surface area contributed by atoms with E-state index in [2.05, 4.69) is 179 Å². The molecule has 0 aliphatic carbocycles. The quantitative estimate of drug-likeness (QED) is 0.164. The zero-order valence-corrected chi connectivity index (χ0v) is 33.4. The molecular formula is C50H41IrN2-. The maximum absolute atomic E-state index is 4.66. The first kappa shape index (κ1) is 33.7. The van der Waals surface area contributed by atoms with E-state index in [4.69, 9.17) is 0 Å². The molecule has 0 spiro atoms. The van der Waals surface area contributed by atoms with E-state index in [0.29, 0.717) is 0 Å². The molecule has 1 aromatic heterocycles. The summed E-state index contributed by atoms with van der Waals surface area (Å²) in [7, 11) is 0. The van der Waals surface area contributed by atoms with Crippen molar-refractivity contribution in [2.75, 3.05) is 4.90 Å². The minimum Gasteiger partial charge on any atom is -0.309 e. The molecule has 0 amide bonds. The van der Waals surface area contributed by atoms with Crippen LogP contribution in [-0.4, -0.2) is 4.98 Å². The second kappa shape index (κ2) is 11.7. The van der Waals surface area contributed by atoms with Gasteiger partial charge in [0.05, 0.1) is 17.1 Å². The van der Waals surface area contributed by atoms with Gasteiger partial charge in [-0.05, 0) is 109 Å². The molecule has 6 aromatic carbocycles. The minimum absolute atomic E-state index is 0. The van der Waals surface area contributed by atoms with Gasteiger partial charge in [0, 0.05) is 42.5 Å². The van der Waals surface area contributed by atoms with Crippen molar-refractivity contribution in [1.82, 2.24) is 4.98 Å². The van der Waals surface area contributed by atoms with Gasteiger partial charge in [-0.1, -0.05) is 114 Å². The predicted molar refractivity (Wildman–Crippen MR) is 216 cm³/mol. The molecule has 2 nitrogen and oxygen atoms in total. The molecule has 0 fully saturated rings. The molecule has 0 bridgehead atoms. The second-order valence-corrected chi connectivity index (χ2v) is 16.4. The molecule has 261 valence electrons. The Hall–Kier alpha value is -5.08. The zero-order chi connectivity index (χ0) is 35.6. The van der Waals surface area contributed by atoms with E-state index in [1.807, 2.05) is 18.3 Å². The average molecular weight is 862 g/mol. The van der Waals surface area contributed by atoms with Gasteiger partial charge in [0.2, 0.25) is 0 Å². The van der Waals surface area contributed by atoms with Crippen molar-refractivity contribution in [2.45, 2.75) is 57.8 Å². The van der Waals surface area contributed by atoms with Crippen LogP contribution in [0.4, 0.5) is 17.1 Å². The van der Waals surface area contributed by atoms with Crippen LogP contribution >= 0.6 is 0 Å². The molecule has 3 heteroatoms. The molecule has 3 aliphatic rings. The van der Waals surface area contributed by atoms with E-state index in [1.165, 1.54) is 83.8 Å². The monoisotopic (exact) mass is 862 g/mol. The van der Waals surface area contributed by atoms with E-state index in [0.717, 1.165) is 11.3 Å². The van der Waals surface area contributed by atoms with Gasteiger partial charge in [-0.25, -0.2) is 0 Å². The van der Waals surface area contributed by atoms with Crippen LogP contribution in [0.3, 0.4) is 0 Å². The number of anilines is 3. The summed E-state index contributed by atoms with van der Waals surface area (Å²) in [5.41, 5.74) is 21.0. The molecule has 0 saturated heterocycles. The summed E-state index contributed by atoms with van der Waals surface area (Å²) in [6, 6.07) is 52.8. The van der Waals surface area contributed by atoms with Gasteiger partial charge < -0.3 is 9.88 Å². The third kappa shape index (κ3) is 4.77. The average Bonchev–Trinajstić information content (AvgIpc) is 3.17. The van der Waals surface area contributed by atoms with Crippen LogP contribution in [0, 0.1) is 6.07 Å². The molecule has 0 N–H and O–H groups in total. The maximum Gasteiger partial charge on any atom is 0.0544 e. The summed E-state index contributed by atoms with van der Waals surface area (Å²) >= 11 is 0. The van der Waals surface area contributed by atoms with Crippen molar-refractivity contribution in [3.63, 3.8) is 0 Å². The third-order valence-electron chi connectivity index (χ3n) is 12.3. The van der Waals surface area contributed by atoms with Crippen molar-refractivity contribution < 1.29 is 20.1 Å². The van der Waals surface area contributed by atoms with Gasteiger partial charge in [0.15, 0.2) is 0 Å². The standard InChI is InChI=1S/C50H41N2.Ir/c1-48(2)38-25-35(31-16-9-7-10-17-31)27-40-45(38)52-46-39(48)26-36(32-18-11-8-12-19-32)28-41(46)50(5,6)43-30-37(29-42(47(43)52)49(40,3)4)33-20-15-21-34(24-33)44-22-13-14-23-51-44;/h7-20,22-30H,1-6H3;/q-1;. The summed E-state index contributed by atoms with van der Waals surface area (Å²) in [5.74, 6) is 0. The number of aromatic nitrogens is 1. The first-order valence-corrected chi connectivity index (χ1v) is 18.5. The van der Waals surface area contributed by atoms with Crippen molar-refractivity contribution in [3.8, 4) is 44.6 Å². The predicted octanol–water partition coefficient (Wildman–Crippen LogP) is 12.9. The van der Waals surface area contributed by atoms with E-state index in [-0.39, 0.29) is 36.4 Å². The minimum atomic E-state index is -0.263. The van der Waals surface area contributed by atoms with E-state index in [9.17, 15) is 0 Å². The van der Waals surface area contributed by atoms with Gasteiger partial charge in [-0.15, -0.1) is 35.4 Å². The summed E-state index contributed by atoms with van der Waals surface area (Å²) in [6.45, 7) is 14.6. The van der Waals surface area contributed by atoms with Crippen LogP contribution in [0.25, 0.3) is 44.6 Å². The SMILES string of the molecule is CC1(C)c2cc(-c3ccccc3)cc3c2N2c4c1cc(-c1ccccc1)cc4C(C)(C)c1cc(-c4cc[c-]c(-c5ccccn5)c4)cc(c12)C3(C)C.[Ir]. The smallest absolute Gasteiger partial charge is 0.0544 e. The third-order valence-corrected chi connectivity index (χ3v) is 12.3. The topological polar surface area (TPSA) is 16.1 Å². The molecule has 10 rings (SSSR count). The summed E-state index contributed by atoms with van der Waals surface area (Å²) in [4.78, 5) is 7.33. The Morgan fingerprint density at radius 1 is 0.434 bits per heavy atom. The largest absolute Gasteiger partial charge is 0.309 e. The Kier molecular flexibility index (Phi) is 7.45. The molecule has 1 radical (unpaired) electrons. The molecule has 0 atom stereocenters. The molecular weight excluding hydrogens is 821 g/mol. The van der Waals surface area contributed by atoms with Gasteiger partial charge in [0.25, 0.3) is 0 Å². The molecule has 4 heterocycles. The number of nitrogens with zero attached hydrogens (tertiary/aromatic N) is 2. The van der Waals surface area contributed by atoms with Crippen molar-refractivity contribution in [2.24, 2.45) is 0 Å². The Labute approximate surface area is 326 Å². The van der Waals surface area contributed by atoms with Crippen LogP contribution in [0.2, 0.25) is 0 Å². The normalized spacial score (nSPS) is 16.0. The fourth-order valence-corrected chi connectivity index (χ4v) is 9.33. The molecule has 7 aromatic rings. The number of hydrogen-bond donors (Lipinski definition) is 0. The van der Waals surface area contributed by atoms with Gasteiger partial charge in [0.1, 0.15) is 0 Å². The second-order valence-electron chi connectivity index (χ2n) is 16.4. The van der Waals surface area contributed by atoms with Crippen molar-refractivity contribution in [3.05, 3.63) is 179 Å². The number of rotatable bonds is 4. The van der Waals surface area contributed by atoms with Crippen LogP contribution < -0.4 is 4.90 Å². The Balaban J connectivity index is 0.00000372. The van der Waals surface area contributed by atoms with Crippen LogP contribution in [0.1, 0.15) is 74.9 Å².